The number of fused-ring (bicyclic) bond motifs is 2. The number of hydrogen-bond donors (Lipinski definition) is 2. The molecule has 3 rings (SSSR count). The summed E-state index contributed by atoms with van der Waals surface area (Å²) in [5.41, 5.74) is -0.199. The minimum Gasteiger partial charge on any atom is -0.481 e. The van der Waals surface area contributed by atoms with Gasteiger partial charge in [-0.15, -0.1) is 0 Å². The van der Waals surface area contributed by atoms with Crippen LogP contribution in [0.25, 0.3) is 0 Å². The molecule has 0 aromatic heterocycles. The molecule has 2 unspecified atom stereocenters. The Balaban J connectivity index is 1.93. The summed E-state index contributed by atoms with van der Waals surface area (Å²) in [6.07, 6.45) is 1.56. The van der Waals surface area contributed by atoms with Gasteiger partial charge in [0.05, 0.1) is 10.3 Å². The topological polar surface area (TPSA) is 95.8 Å². The Labute approximate surface area is 148 Å². The van der Waals surface area contributed by atoms with Crippen LogP contribution in [0.3, 0.4) is 0 Å². The van der Waals surface area contributed by atoms with Crippen molar-refractivity contribution >= 4 is 21.7 Å². The third-order valence-electron chi connectivity index (χ3n) is 6.78. The van der Waals surface area contributed by atoms with Crippen molar-refractivity contribution in [2.75, 3.05) is 0 Å². The number of hydrazone groups is 1. The number of benzene rings is 1. The average Bonchev–Trinajstić information content (AvgIpc) is 2.84. The van der Waals surface area contributed by atoms with E-state index in [0.717, 1.165) is 5.56 Å². The van der Waals surface area contributed by atoms with Gasteiger partial charge in [0.15, 0.2) is 0 Å². The molecule has 136 valence electrons. The van der Waals surface area contributed by atoms with Crippen LogP contribution in [0.1, 0.15) is 45.6 Å². The second-order valence-corrected chi connectivity index (χ2v) is 9.65. The molecule has 1 aromatic carbocycles. The van der Waals surface area contributed by atoms with Gasteiger partial charge in [0.1, 0.15) is 0 Å². The largest absolute Gasteiger partial charge is 0.481 e. The summed E-state index contributed by atoms with van der Waals surface area (Å²) in [5.74, 6) is -0.826. The highest BCUT2D eigenvalue weighted by Gasteiger charge is 2.71. The van der Waals surface area contributed by atoms with Gasteiger partial charge < -0.3 is 5.11 Å². The fourth-order valence-electron chi connectivity index (χ4n) is 4.41. The number of nitrogens with one attached hydrogen (secondary N) is 1. The lowest BCUT2D eigenvalue weighted by molar-refractivity contribution is -0.154. The highest BCUT2D eigenvalue weighted by molar-refractivity contribution is 7.89. The van der Waals surface area contributed by atoms with E-state index < -0.39 is 32.2 Å². The molecule has 0 saturated heterocycles. The molecule has 7 heteroatoms. The SMILES string of the molecule is Cc1ccc(S(=O)(=O)N/N=C2/CC3(C(=O)O)CCC2(C)C3(C)C)cc1. The van der Waals surface area contributed by atoms with Gasteiger partial charge in [-0.2, -0.15) is 13.5 Å². The smallest absolute Gasteiger partial charge is 0.310 e. The summed E-state index contributed by atoms with van der Waals surface area (Å²) < 4.78 is 24.9. The lowest BCUT2D eigenvalue weighted by Crippen LogP contribution is -2.40. The maximum Gasteiger partial charge on any atom is 0.310 e. The highest BCUT2D eigenvalue weighted by Crippen LogP contribution is 2.70. The van der Waals surface area contributed by atoms with Crippen molar-refractivity contribution in [3.05, 3.63) is 29.8 Å². The Hall–Kier alpha value is -1.89. The number of nitrogens with zero attached hydrogens (tertiary/aromatic N) is 1. The first-order chi connectivity index (χ1) is 11.5. The first-order valence-electron chi connectivity index (χ1n) is 8.35. The predicted octanol–water partition coefficient (Wildman–Crippen LogP) is 2.93. The van der Waals surface area contributed by atoms with E-state index in [2.05, 4.69) is 9.93 Å². The normalized spacial score (nSPS) is 32.1. The van der Waals surface area contributed by atoms with Crippen molar-refractivity contribution in [2.45, 2.75) is 51.9 Å². The number of aliphatic carboxylic acids is 1. The lowest BCUT2D eigenvalue weighted by Gasteiger charge is -2.37. The number of carboxylic acid groups (broad SMARTS) is 1. The minimum atomic E-state index is -3.77. The van der Waals surface area contributed by atoms with Crippen LogP contribution in [0.5, 0.6) is 0 Å². The standard InChI is InChI=1S/C18H24N2O4S/c1-12-5-7-13(8-6-12)25(23,24)20-19-14-11-18(15(21)22)10-9-17(14,4)16(18,2)3/h5-8,20H,9-11H2,1-4H3,(H,21,22)/b19-14-. The van der Waals surface area contributed by atoms with E-state index in [1.54, 1.807) is 12.1 Å². The summed E-state index contributed by atoms with van der Waals surface area (Å²) in [4.78, 5) is 14.4. The molecule has 2 aliphatic carbocycles. The first kappa shape index (κ1) is 17.9. The van der Waals surface area contributed by atoms with Crippen LogP contribution < -0.4 is 4.83 Å². The minimum absolute atomic E-state index is 0.142. The van der Waals surface area contributed by atoms with Crippen molar-refractivity contribution in [1.29, 1.82) is 0 Å². The van der Waals surface area contributed by atoms with Crippen LogP contribution in [0.2, 0.25) is 0 Å². The second-order valence-electron chi connectivity index (χ2n) is 7.99. The third-order valence-corrected chi connectivity index (χ3v) is 8.00. The maximum atomic E-state index is 12.5. The summed E-state index contributed by atoms with van der Waals surface area (Å²) >= 11 is 0. The summed E-state index contributed by atoms with van der Waals surface area (Å²) in [6, 6.07) is 6.51. The molecule has 0 amide bonds. The fourth-order valence-corrected chi connectivity index (χ4v) is 5.24. The molecular formula is C18H24N2O4S. The number of hydrogen-bond acceptors (Lipinski definition) is 4. The molecule has 2 bridgehead atoms. The summed E-state index contributed by atoms with van der Waals surface area (Å²) in [7, 11) is -3.77. The predicted molar refractivity (Wildman–Crippen MR) is 94.7 cm³/mol. The molecule has 0 heterocycles. The van der Waals surface area contributed by atoms with Gasteiger partial charge in [0.2, 0.25) is 0 Å². The van der Waals surface area contributed by atoms with Crippen LogP contribution in [-0.4, -0.2) is 25.2 Å². The number of rotatable bonds is 4. The van der Waals surface area contributed by atoms with E-state index in [1.807, 2.05) is 27.7 Å². The fraction of sp³-hybridized carbons (Fsp3) is 0.556. The lowest BCUT2D eigenvalue weighted by atomic mass is 9.65. The number of carboxylic acids is 1. The van der Waals surface area contributed by atoms with Crippen molar-refractivity contribution in [3.8, 4) is 0 Å². The Kier molecular flexibility index (Phi) is 3.80. The Morgan fingerprint density at radius 3 is 2.28 bits per heavy atom. The van der Waals surface area contributed by atoms with E-state index in [-0.39, 0.29) is 11.3 Å². The van der Waals surface area contributed by atoms with E-state index >= 15 is 0 Å². The first-order valence-corrected chi connectivity index (χ1v) is 9.84. The average molecular weight is 364 g/mol. The number of carbonyl (C=O) groups is 1. The molecule has 2 fully saturated rings. The van der Waals surface area contributed by atoms with Crippen molar-refractivity contribution < 1.29 is 18.3 Å². The molecule has 6 nitrogen and oxygen atoms in total. The molecule has 2 N–H and O–H groups in total. The van der Waals surface area contributed by atoms with Gasteiger partial charge in [-0.05, 0) is 37.3 Å². The summed E-state index contributed by atoms with van der Waals surface area (Å²) in [6.45, 7) is 7.77. The molecule has 0 spiro atoms. The quantitative estimate of drug-likeness (QED) is 0.803. The van der Waals surface area contributed by atoms with Crippen LogP contribution in [-0.2, 0) is 14.8 Å². The zero-order chi connectivity index (χ0) is 18.7. The van der Waals surface area contributed by atoms with Crippen molar-refractivity contribution in [2.24, 2.45) is 21.3 Å². The molecule has 2 atom stereocenters. The summed E-state index contributed by atoms with van der Waals surface area (Å²) in [5, 5.41) is 14.0. The highest BCUT2D eigenvalue weighted by atomic mass is 32.2. The number of sulfonamides is 1. The third kappa shape index (κ3) is 2.32. The molecular weight excluding hydrogens is 340 g/mol. The molecule has 0 aliphatic heterocycles. The molecule has 0 radical (unpaired) electrons. The van der Waals surface area contributed by atoms with E-state index in [0.29, 0.717) is 18.6 Å². The molecule has 1 aromatic rings. The van der Waals surface area contributed by atoms with Crippen LogP contribution in [0.4, 0.5) is 0 Å². The zero-order valence-corrected chi connectivity index (χ0v) is 15.8. The number of aryl methyl sites for hydroxylation is 1. The zero-order valence-electron chi connectivity index (χ0n) is 15.0. The van der Waals surface area contributed by atoms with E-state index in [9.17, 15) is 18.3 Å². The van der Waals surface area contributed by atoms with Crippen molar-refractivity contribution in [1.82, 2.24) is 4.83 Å². The second kappa shape index (κ2) is 5.30. The van der Waals surface area contributed by atoms with E-state index in [1.165, 1.54) is 12.1 Å². The molecule has 2 aliphatic rings. The van der Waals surface area contributed by atoms with Crippen molar-refractivity contribution in [3.63, 3.8) is 0 Å². The monoisotopic (exact) mass is 364 g/mol. The Morgan fingerprint density at radius 1 is 1.16 bits per heavy atom. The maximum absolute atomic E-state index is 12.5. The van der Waals surface area contributed by atoms with Gasteiger partial charge in [0.25, 0.3) is 10.0 Å². The van der Waals surface area contributed by atoms with E-state index in [4.69, 9.17) is 0 Å². The van der Waals surface area contributed by atoms with Gasteiger partial charge in [-0.1, -0.05) is 38.5 Å². The van der Waals surface area contributed by atoms with Gasteiger partial charge in [-0.3, -0.25) is 4.79 Å². The van der Waals surface area contributed by atoms with Crippen LogP contribution in [0, 0.1) is 23.2 Å². The Morgan fingerprint density at radius 2 is 1.76 bits per heavy atom. The van der Waals surface area contributed by atoms with Gasteiger partial charge >= 0.3 is 5.97 Å². The van der Waals surface area contributed by atoms with Gasteiger partial charge in [0, 0.05) is 17.5 Å². The van der Waals surface area contributed by atoms with Crippen LogP contribution >= 0.6 is 0 Å². The Bertz CT molecular complexity index is 858. The van der Waals surface area contributed by atoms with Gasteiger partial charge in [-0.25, -0.2) is 4.83 Å². The molecule has 25 heavy (non-hydrogen) atoms. The molecule has 2 saturated carbocycles. The van der Waals surface area contributed by atoms with Crippen LogP contribution in [0.15, 0.2) is 34.3 Å².